The topological polar surface area (TPSA) is 185 Å². The Kier molecular flexibility index (Phi) is 3.47. The lowest BCUT2D eigenvalue weighted by molar-refractivity contribution is 0.396. The van der Waals surface area contributed by atoms with Crippen LogP contribution in [0.15, 0.2) is 10.2 Å². The zero-order valence-corrected chi connectivity index (χ0v) is 9.55. The van der Waals surface area contributed by atoms with Crippen molar-refractivity contribution >= 4 is 11.9 Å². The molecular formula is C5H6N14. The van der Waals surface area contributed by atoms with Gasteiger partial charge in [0, 0.05) is 9.82 Å². The van der Waals surface area contributed by atoms with Crippen molar-refractivity contribution < 1.29 is 0 Å². The van der Waals surface area contributed by atoms with Gasteiger partial charge in [-0.3, -0.25) is 0 Å². The molecule has 2 aromatic heterocycles. The monoisotopic (exact) mass is 262 g/mol. The van der Waals surface area contributed by atoms with Crippen LogP contribution in [-0.2, 0) is 6.54 Å². The summed E-state index contributed by atoms with van der Waals surface area (Å²) in [7, 11) is 0. The molecule has 2 heterocycles. The molecule has 1 unspecified atom stereocenters. The van der Waals surface area contributed by atoms with Gasteiger partial charge in [-0.1, -0.05) is 0 Å². The highest BCUT2D eigenvalue weighted by atomic mass is 15.6. The number of rotatable bonds is 5. The van der Waals surface area contributed by atoms with E-state index >= 15 is 0 Å². The zero-order chi connectivity index (χ0) is 13.7. The number of hydrogen-bond donors (Lipinski definition) is 0. The number of aromatic nitrogens is 8. The maximum atomic E-state index is 8.37. The molecule has 2 rings (SSSR count). The average molecular weight is 262 g/mol. The molecule has 0 fully saturated rings. The minimum Gasteiger partial charge on any atom is -0.222 e. The molecule has 0 radical (unpaired) electrons. The first-order valence-electron chi connectivity index (χ1n) is 4.90. The van der Waals surface area contributed by atoms with Gasteiger partial charge in [0.2, 0.25) is 11.9 Å². The standard InChI is InChI=1S/C5H6N14/c1-3(19-5(9-13-7)11-15-17-19)2-18-4(8-12-6)10-14-16-18/h3H,2H2,1H3. The Bertz CT molecular complexity index is 651. The van der Waals surface area contributed by atoms with Gasteiger partial charge in [-0.15, -0.1) is 10.2 Å². The van der Waals surface area contributed by atoms with Gasteiger partial charge in [-0.25, -0.2) is 9.36 Å². The molecule has 0 bridgehead atoms. The smallest absolute Gasteiger partial charge is 0.222 e. The summed E-state index contributed by atoms with van der Waals surface area (Å²) < 4.78 is 2.59. The molecule has 0 aromatic carbocycles. The van der Waals surface area contributed by atoms with Gasteiger partial charge in [0.05, 0.1) is 12.6 Å². The first-order chi connectivity index (χ1) is 9.26. The van der Waals surface area contributed by atoms with Crippen molar-refractivity contribution in [3.8, 4) is 0 Å². The lowest BCUT2D eigenvalue weighted by atomic mass is 10.3. The average Bonchev–Trinajstić information content (AvgIpc) is 3.00. The van der Waals surface area contributed by atoms with Crippen LogP contribution in [-0.4, -0.2) is 40.4 Å². The second-order valence-electron chi connectivity index (χ2n) is 3.31. The summed E-state index contributed by atoms with van der Waals surface area (Å²) in [6, 6.07) is -0.313. The van der Waals surface area contributed by atoms with Crippen LogP contribution in [0.1, 0.15) is 13.0 Å². The van der Waals surface area contributed by atoms with Crippen molar-refractivity contribution in [2.75, 3.05) is 0 Å². The molecule has 14 nitrogen and oxygen atoms in total. The molecule has 0 amide bonds. The third-order valence-corrected chi connectivity index (χ3v) is 2.11. The minimum absolute atomic E-state index is 0.0211. The summed E-state index contributed by atoms with van der Waals surface area (Å²) in [4.78, 5) is 5.22. The Morgan fingerprint density at radius 3 is 2.47 bits per heavy atom. The van der Waals surface area contributed by atoms with E-state index < -0.39 is 0 Å². The van der Waals surface area contributed by atoms with Gasteiger partial charge in [0.15, 0.2) is 0 Å². The summed E-state index contributed by atoms with van der Waals surface area (Å²) >= 11 is 0. The van der Waals surface area contributed by atoms with Gasteiger partial charge in [-0.2, -0.15) is 0 Å². The predicted molar refractivity (Wildman–Crippen MR) is 58.0 cm³/mol. The van der Waals surface area contributed by atoms with Gasteiger partial charge >= 0.3 is 0 Å². The van der Waals surface area contributed by atoms with E-state index in [0.29, 0.717) is 0 Å². The second kappa shape index (κ2) is 5.39. The molecule has 0 N–H and O–H groups in total. The number of tetrazole rings is 2. The van der Waals surface area contributed by atoms with Crippen molar-refractivity contribution in [2.24, 2.45) is 10.2 Å². The van der Waals surface area contributed by atoms with E-state index in [-0.39, 0.29) is 24.5 Å². The summed E-state index contributed by atoms with van der Waals surface area (Å²) in [5, 5.41) is 27.9. The lowest BCUT2D eigenvalue weighted by Gasteiger charge is -2.11. The van der Waals surface area contributed by atoms with Gasteiger partial charge in [0.25, 0.3) is 0 Å². The highest BCUT2D eigenvalue weighted by molar-refractivity contribution is 5.12. The molecule has 0 aliphatic carbocycles. The fourth-order valence-corrected chi connectivity index (χ4v) is 1.34. The minimum atomic E-state index is -0.313. The fraction of sp³-hybridized carbons (Fsp3) is 0.600. The Morgan fingerprint density at radius 2 is 1.74 bits per heavy atom. The predicted octanol–water partition coefficient (Wildman–Crippen LogP) is 0.804. The Morgan fingerprint density at radius 1 is 1.11 bits per heavy atom. The number of nitrogens with zero attached hydrogens (tertiary/aromatic N) is 14. The first kappa shape index (κ1) is 12.2. The van der Waals surface area contributed by atoms with E-state index in [4.69, 9.17) is 11.1 Å². The van der Waals surface area contributed by atoms with Crippen LogP contribution in [0.25, 0.3) is 20.9 Å². The van der Waals surface area contributed by atoms with Crippen molar-refractivity contribution in [3.05, 3.63) is 20.9 Å². The van der Waals surface area contributed by atoms with Crippen LogP contribution in [0.4, 0.5) is 11.9 Å². The van der Waals surface area contributed by atoms with E-state index in [1.165, 1.54) is 9.36 Å². The molecule has 19 heavy (non-hydrogen) atoms. The van der Waals surface area contributed by atoms with E-state index in [9.17, 15) is 0 Å². The van der Waals surface area contributed by atoms with Crippen LogP contribution in [0.5, 0.6) is 0 Å². The highest BCUT2D eigenvalue weighted by Gasteiger charge is 2.15. The van der Waals surface area contributed by atoms with Crippen LogP contribution in [0.2, 0.25) is 0 Å². The molecule has 1 atom stereocenters. The Balaban J connectivity index is 2.23. The van der Waals surface area contributed by atoms with Crippen LogP contribution in [0, 0.1) is 0 Å². The quantitative estimate of drug-likeness (QED) is 0.435. The van der Waals surface area contributed by atoms with E-state index in [1.807, 2.05) is 0 Å². The third-order valence-electron chi connectivity index (χ3n) is 2.11. The highest BCUT2D eigenvalue weighted by Crippen LogP contribution is 2.16. The number of azide groups is 2. The molecule has 0 saturated heterocycles. The normalized spacial score (nSPS) is 11.4. The molecule has 0 spiro atoms. The van der Waals surface area contributed by atoms with E-state index in [0.717, 1.165) is 0 Å². The summed E-state index contributed by atoms with van der Waals surface area (Å²) in [6.07, 6.45) is 0. The van der Waals surface area contributed by atoms with Gasteiger partial charge in [-0.05, 0) is 49.1 Å². The van der Waals surface area contributed by atoms with Crippen molar-refractivity contribution in [2.45, 2.75) is 19.5 Å². The zero-order valence-electron chi connectivity index (χ0n) is 9.55. The van der Waals surface area contributed by atoms with Gasteiger partial charge < -0.3 is 0 Å². The summed E-state index contributed by atoms with van der Waals surface area (Å²) in [6.45, 7) is 1.99. The largest absolute Gasteiger partial charge is 0.238 e. The Labute approximate surface area is 104 Å². The Hall–Kier alpha value is -3.24. The van der Waals surface area contributed by atoms with Crippen molar-refractivity contribution in [3.63, 3.8) is 0 Å². The van der Waals surface area contributed by atoms with E-state index in [2.05, 4.69) is 51.1 Å². The van der Waals surface area contributed by atoms with Crippen molar-refractivity contribution in [1.29, 1.82) is 0 Å². The van der Waals surface area contributed by atoms with Crippen molar-refractivity contribution in [1.82, 2.24) is 40.4 Å². The lowest BCUT2D eigenvalue weighted by Crippen LogP contribution is -2.15. The van der Waals surface area contributed by atoms with Crippen LogP contribution in [0.3, 0.4) is 0 Å². The molecule has 0 aliphatic heterocycles. The maximum Gasteiger partial charge on any atom is 0.238 e. The summed E-state index contributed by atoms with van der Waals surface area (Å²) in [5.41, 5.74) is 16.7. The molecule has 2 aromatic rings. The SMILES string of the molecule is CC(Cn1nnnc1N=[N+]=[N-])n1nnnc1N=[N+]=[N-]. The molecule has 14 heteroatoms. The fourth-order valence-electron chi connectivity index (χ4n) is 1.34. The first-order valence-corrected chi connectivity index (χ1v) is 4.90. The molecule has 0 saturated carbocycles. The molecule has 96 valence electrons. The van der Waals surface area contributed by atoms with Gasteiger partial charge in [0.1, 0.15) is 0 Å². The van der Waals surface area contributed by atoms with E-state index in [1.54, 1.807) is 6.92 Å². The summed E-state index contributed by atoms with van der Waals surface area (Å²) in [5.74, 6) is 0.0427. The molecular weight excluding hydrogens is 256 g/mol. The molecule has 0 aliphatic rings. The third kappa shape index (κ3) is 2.54. The maximum absolute atomic E-state index is 8.37. The number of hydrogen-bond acceptors (Lipinski definition) is 8. The van der Waals surface area contributed by atoms with Crippen LogP contribution < -0.4 is 0 Å². The van der Waals surface area contributed by atoms with Crippen LogP contribution >= 0.6 is 0 Å². The second-order valence-corrected chi connectivity index (χ2v) is 3.31.